The Morgan fingerprint density at radius 2 is 2.35 bits per heavy atom. The number of aromatic nitrogens is 4. The Bertz CT molecular complexity index is 662. The van der Waals surface area contributed by atoms with Crippen molar-refractivity contribution in [3.63, 3.8) is 0 Å². The van der Waals surface area contributed by atoms with Gasteiger partial charge in [0.25, 0.3) is 0 Å². The molecule has 0 saturated heterocycles. The minimum Gasteiger partial charge on any atom is -0.395 e. The highest BCUT2D eigenvalue weighted by Crippen LogP contribution is 2.26. The first-order chi connectivity index (χ1) is 9.81. The first-order valence-electron chi connectivity index (χ1n) is 6.44. The van der Waals surface area contributed by atoms with E-state index in [-0.39, 0.29) is 6.61 Å². The molecule has 3 rings (SSSR count). The van der Waals surface area contributed by atoms with Crippen LogP contribution in [0.5, 0.6) is 0 Å². The maximum atomic E-state index is 9.05. The van der Waals surface area contributed by atoms with Crippen LogP contribution < -0.4 is 4.90 Å². The zero-order valence-corrected chi connectivity index (χ0v) is 11.9. The highest BCUT2D eigenvalue weighted by Gasteiger charge is 2.13. The van der Waals surface area contributed by atoms with Crippen LogP contribution in [0.25, 0.3) is 16.2 Å². The summed E-state index contributed by atoms with van der Waals surface area (Å²) in [6.45, 7) is 3.56. The lowest BCUT2D eigenvalue weighted by Gasteiger charge is -2.16. The monoisotopic (exact) mass is 289 g/mol. The summed E-state index contributed by atoms with van der Waals surface area (Å²) in [6.07, 6.45) is 5.43. The van der Waals surface area contributed by atoms with E-state index in [0.717, 1.165) is 27.9 Å². The summed E-state index contributed by atoms with van der Waals surface area (Å²) in [4.78, 5) is 11.5. The van der Waals surface area contributed by atoms with E-state index in [9.17, 15) is 0 Å². The van der Waals surface area contributed by atoms with E-state index in [1.165, 1.54) is 11.3 Å². The number of nitrogens with zero attached hydrogens (tertiary/aromatic N) is 5. The van der Waals surface area contributed by atoms with Crippen LogP contribution in [-0.4, -0.2) is 44.4 Å². The van der Waals surface area contributed by atoms with E-state index in [1.54, 1.807) is 16.9 Å². The fourth-order valence-corrected chi connectivity index (χ4v) is 2.95. The highest BCUT2D eigenvalue weighted by atomic mass is 32.1. The maximum absolute atomic E-state index is 9.05. The van der Waals surface area contributed by atoms with Crippen molar-refractivity contribution in [1.82, 2.24) is 19.6 Å². The number of pyridine rings is 1. The van der Waals surface area contributed by atoms with Gasteiger partial charge >= 0.3 is 0 Å². The van der Waals surface area contributed by atoms with E-state index < -0.39 is 0 Å². The summed E-state index contributed by atoms with van der Waals surface area (Å²) in [5.74, 6) is 0. The molecule has 0 aliphatic carbocycles. The summed E-state index contributed by atoms with van der Waals surface area (Å²) in [5.41, 5.74) is 1.85. The Balaban J connectivity index is 1.93. The van der Waals surface area contributed by atoms with Gasteiger partial charge in [-0.15, -0.1) is 5.10 Å². The topological polar surface area (TPSA) is 66.5 Å². The van der Waals surface area contributed by atoms with Crippen LogP contribution in [0.1, 0.15) is 6.92 Å². The van der Waals surface area contributed by atoms with Gasteiger partial charge in [-0.1, -0.05) is 11.3 Å². The molecule has 20 heavy (non-hydrogen) atoms. The number of hydrogen-bond acceptors (Lipinski definition) is 6. The van der Waals surface area contributed by atoms with Crippen molar-refractivity contribution in [3.8, 4) is 11.3 Å². The van der Waals surface area contributed by atoms with Gasteiger partial charge in [-0.05, 0) is 19.1 Å². The number of aliphatic hydroxyl groups excluding tert-OH is 1. The van der Waals surface area contributed by atoms with E-state index in [1.807, 2.05) is 30.2 Å². The van der Waals surface area contributed by atoms with Crippen LogP contribution >= 0.6 is 11.3 Å². The van der Waals surface area contributed by atoms with Crippen molar-refractivity contribution in [2.45, 2.75) is 6.92 Å². The van der Waals surface area contributed by atoms with Crippen LogP contribution in [0, 0.1) is 0 Å². The predicted molar refractivity (Wildman–Crippen MR) is 79.1 cm³/mol. The third-order valence-corrected chi connectivity index (χ3v) is 4.00. The van der Waals surface area contributed by atoms with Gasteiger partial charge in [-0.3, -0.25) is 4.98 Å². The lowest BCUT2D eigenvalue weighted by Crippen LogP contribution is -2.26. The third-order valence-electron chi connectivity index (χ3n) is 3.01. The standard InChI is InChI=1S/C13H15N5OS/c1-2-17(6-7-19)13-16-18-9-11(15-12(18)20-13)10-4-3-5-14-8-10/h3-5,8-9,19H,2,6-7H2,1H3. The van der Waals surface area contributed by atoms with Crippen molar-refractivity contribution < 1.29 is 5.11 Å². The molecule has 0 bridgehead atoms. The van der Waals surface area contributed by atoms with Gasteiger partial charge in [0.15, 0.2) is 0 Å². The molecule has 0 radical (unpaired) electrons. The molecule has 0 atom stereocenters. The summed E-state index contributed by atoms with van der Waals surface area (Å²) in [5, 5.41) is 14.4. The SMILES string of the molecule is CCN(CCO)c1nn2cc(-c3cccnc3)nc2s1. The second-order valence-corrected chi connectivity index (χ2v) is 5.22. The Hall–Kier alpha value is -1.99. The molecule has 3 aromatic rings. The number of rotatable bonds is 5. The Morgan fingerprint density at radius 1 is 1.45 bits per heavy atom. The van der Waals surface area contributed by atoms with Gasteiger partial charge in [0, 0.05) is 31.0 Å². The predicted octanol–water partition coefficient (Wildman–Crippen LogP) is 1.67. The summed E-state index contributed by atoms with van der Waals surface area (Å²) >= 11 is 1.52. The molecule has 3 heterocycles. The lowest BCUT2D eigenvalue weighted by atomic mass is 10.2. The number of aliphatic hydroxyl groups is 1. The Labute approximate surface area is 120 Å². The average molecular weight is 289 g/mol. The van der Waals surface area contributed by atoms with E-state index >= 15 is 0 Å². The molecular weight excluding hydrogens is 274 g/mol. The number of likely N-dealkylation sites (N-methyl/N-ethyl adjacent to an activating group) is 1. The number of imidazole rings is 1. The van der Waals surface area contributed by atoms with E-state index in [0.29, 0.717) is 6.54 Å². The number of hydrogen-bond donors (Lipinski definition) is 1. The number of fused-ring (bicyclic) bond motifs is 1. The van der Waals surface area contributed by atoms with E-state index in [4.69, 9.17) is 5.11 Å². The van der Waals surface area contributed by atoms with Gasteiger partial charge < -0.3 is 10.0 Å². The van der Waals surface area contributed by atoms with Crippen LogP contribution in [0.3, 0.4) is 0 Å². The highest BCUT2D eigenvalue weighted by molar-refractivity contribution is 7.20. The molecule has 0 unspecified atom stereocenters. The molecule has 0 spiro atoms. The second-order valence-electron chi connectivity index (χ2n) is 4.28. The molecule has 0 amide bonds. The fraction of sp³-hybridized carbons (Fsp3) is 0.308. The van der Waals surface area contributed by atoms with Crippen molar-refractivity contribution in [2.75, 3.05) is 24.6 Å². The lowest BCUT2D eigenvalue weighted by molar-refractivity contribution is 0.302. The Morgan fingerprint density at radius 3 is 3.00 bits per heavy atom. The molecule has 3 aromatic heterocycles. The molecule has 0 aliphatic heterocycles. The van der Waals surface area contributed by atoms with Crippen LogP contribution in [0.4, 0.5) is 5.13 Å². The molecule has 0 fully saturated rings. The minimum absolute atomic E-state index is 0.122. The number of anilines is 1. The van der Waals surface area contributed by atoms with Crippen LogP contribution in [0.15, 0.2) is 30.7 Å². The molecule has 0 aliphatic rings. The molecule has 0 saturated carbocycles. The first-order valence-corrected chi connectivity index (χ1v) is 7.26. The summed E-state index contributed by atoms with van der Waals surface area (Å²) in [7, 11) is 0. The average Bonchev–Trinajstić information content (AvgIpc) is 3.04. The Kier molecular flexibility index (Phi) is 3.62. The van der Waals surface area contributed by atoms with Crippen molar-refractivity contribution in [3.05, 3.63) is 30.7 Å². The smallest absolute Gasteiger partial charge is 0.214 e. The normalized spacial score (nSPS) is 11.1. The van der Waals surface area contributed by atoms with Gasteiger partial charge in [0.1, 0.15) is 0 Å². The van der Waals surface area contributed by atoms with Crippen molar-refractivity contribution in [2.24, 2.45) is 0 Å². The van der Waals surface area contributed by atoms with Gasteiger partial charge in [-0.2, -0.15) is 0 Å². The molecule has 7 heteroatoms. The van der Waals surface area contributed by atoms with Gasteiger partial charge in [0.05, 0.1) is 18.5 Å². The first kappa shape index (κ1) is 13.0. The molecule has 104 valence electrons. The van der Waals surface area contributed by atoms with Crippen LogP contribution in [-0.2, 0) is 0 Å². The van der Waals surface area contributed by atoms with Crippen molar-refractivity contribution >= 4 is 21.4 Å². The summed E-state index contributed by atoms with van der Waals surface area (Å²) in [6, 6.07) is 3.87. The quantitative estimate of drug-likeness (QED) is 0.774. The van der Waals surface area contributed by atoms with E-state index in [2.05, 4.69) is 15.1 Å². The second kappa shape index (κ2) is 5.56. The van der Waals surface area contributed by atoms with Crippen molar-refractivity contribution in [1.29, 1.82) is 0 Å². The van der Waals surface area contributed by atoms with Crippen LogP contribution in [0.2, 0.25) is 0 Å². The van der Waals surface area contributed by atoms with Gasteiger partial charge in [-0.25, -0.2) is 9.50 Å². The molecule has 6 nitrogen and oxygen atoms in total. The largest absolute Gasteiger partial charge is 0.395 e. The maximum Gasteiger partial charge on any atom is 0.214 e. The zero-order valence-electron chi connectivity index (χ0n) is 11.1. The minimum atomic E-state index is 0.122. The fourth-order valence-electron chi connectivity index (χ4n) is 1.98. The zero-order chi connectivity index (χ0) is 13.9. The molecule has 1 N–H and O–H groups in total. The summed E-state index contributed by atoms with van der Waals surface area (Å²) < 4.78 is 1.78. The van der Waals surface area contributed by atoms with Gasteiger partial charge in [0.2, 0.25) is 10.1 Å². The molecular formula is C13H15N5OS. The molecule has 0 aromatic carbocycles. The third kappa shape index (κ3) is 2.37.